The molecule has 86 valence electrons. The number of benzene rings is 1. The molecule has 0 atom stereocenters. The highest BCUT2D eigenvalue weighted by Crippen LogP contribution is 2.27. The van der Waals surface area contributed by atoms with E-state index in [2.05, 4.69) is 9.97 Å². The van der Waals surface area contributed by atoms with Gasteiger partial charge in [-0.3, -0.25) is 4.79 Å². The van der Waals surface area contributed by atoms with E-state index in [0.29, 0.717) is 23.1 Å². The van der Waals surface area contributed by atoms with Crippen molar-refractivity contribution >= 4 is 17.9 Å². The lowest BCUT2D eigenvalue weighted by Crippen LogP contribution is -1.97. The molecule has 0 bridgehead atoms. The molecule has 1 aromatic carbocycles. The number of halogens is 2. The maximum absolute atomic E-state index is 13.0. The van der Waals surface area contributed by atoms with Gasteiger partial charge in [-0.2, -0.15) is 0 Å². The molecule has 1 heterocycles. The molecule has 0 aliphatic rings. The quantitative estimate of drug-likeness (QED) is 0.608. The van der Waals surface area contributed by atoms with Crippen LogP contribution in [0.1, 0.15) is 15.9 Å². The van der Waals surface area contributed by atoms with Gasteiger partial charge in [-0.25, -0.2) is 14.4 Å². The highest BCUT2D eigenvalue weighted by atomic mass is 35.5. The SMILES string of the molecule is Cc1cc(F)ccc1-c1ncnc(Cl)c1C=O. The topological polar surface area (TPSA) is 42.9 Å². The van der Waals surface area contributed by atoms with E-state index in [9.17, 15) is 9.18 Å². The number of aromatic nitrogens is 2. The van der Waals surface area contributed by atoms with Crippen molar-refractivity contribution in [3.8, 4) is 11.3 Å². The Morgan fingerprint density at radius 1 is 1.35 bits per heavy atom. The van der Waals surface area contributed by atoms with E-state index in [4.69, 9.17) is 11.6 Å². The number of aryl methyl sites for hydroxylation is 1. The minimum absolute atomic E-state index is 0.0914. The van der Waals surface area contributed by atoms with Gasteiger partial charge in [0.2, 0.25) is 0 Å². The number of carbonyl (C=O) groups is 1. The molecule has 0 aliphatic heterocycles. The Morgan fingerprint density at radius 2 is 2.12 bits per heavy atom. The Labute approximate surface area is 102 Å². The summed E-state index contributed by atoms with van der Waals surface area (Å²) in [7, 11) is 0. The van der Waals surface area contributed by atoms with Gasteiger partial charge in [0.25, 0.3) is 0 Å². The average molecular weight is 251 g/mol. The minimum atomic E-state index is -0.334. The number of hydrogen-bond donors (Lipinski definition) is 0. The third-order valence-electron chi connectivity index (χ3n) is 2.40. The van der Waals surface area contributed by atoms with Gasteiger partial charge in [-0.15, -0.1) is 0 Å². The summed E-state index contributed by atoms with van der Waals surface area (Å²) < 4.78 is 13.0. The predicted molar refractivity (Wildman–Crippen MR) is 62.6 cm³/mol. The zero-order chi connectivity index (χ0) is 12.4. The molecule has 1 aromatic heterocycles. The molecule has 0 N–H and O–H groups in total. The van der Waals surface area contributed by atoms with Crippen molar-refractivity contribution < 1.29 is 9.18 Å². The van der Waals surface area contributed by atoms with E-state index in [0.717, 1.165) is 0 Å². The first kappa shape index (κ1) is 11.7. The summed E-state index contributed by atoms with van der Waals surface area (Å²) in [4.78, 5) is 18.7. The fourth-order valence-corrected chi connectivity index (χ4v) is 1.76. The van der Waals surface area contributed by atoms with Gasteiger partial charge in [0, 0.05) is 5.56 Å². The Hall–Kier alpha value is -1.81. The van der Waals surface area contributed by atoms with E-state index in [-0.39, 0.29) is 16.5 Å². The Balaban J connectivity index is 2.68. The largest absolute Gasteiger partial charge is 0.298 e. The van der Waals surface area contributed by atoms with E-state index in [1.165, 1.54) is 18.5 Å². The second kappa shape index (κ2) is 4.59. The molecule has 0 radical (unpaired) electrons. The van der Waals surface area contributed by atoms with Crippen LogP contribution in [0.4, 0.5) is 4.39 Å². The molecule has 5 heteroatoms. The normalized spacial score (nSPS) is 10.3. The maximum atomic E-state index is 13.0. The molecular formula is C12H8ClFN2O. The van der Waals surface area contributed by atoms with Crippen molar-refractivity contribution in [3.63, 3.8) is 0 Å². The summed E-state index contributed by atoms with van der Waals surface area (Å²) in [6.07, 6.45) is 1.87. The summed E-state index contributed by atoms with van der Waals surface area (Å²) in [5, 5.41) is 0.0914. The van der Waals surface area contributed by atoms with Gasteiger partial charge < -0.3 is 0 Å². The van der Waals surface area contributed by atoms with Crippen LogP contribution in [0, 0.1) is 12.7 Å². The lowest BCUT2D eigenvalue weighted by Gasteiger charge is -2.07. The summed E-state index contributed by atoms with van der Waals surface area (Å²) in [5.74, 6) is -0.334. The summed E-state index contributed by atoms with van der Waals surface area (Å²) in [5.41, 5.74) is 1.97. The summed E-state index contributed by atoms with van der Waals surface area (Å²) in [6, 6.07) is 4.25. The van der Waals surface area contributed by atoms with Crippen LogP contribution in [-0.2, 0) is 0 Å². The van der Waals surface area contributed by atoms with Crippen LogP contribution >= 0.6 is 11.6 Å². The first-order valence-corrected chi connectivity index (χ1v) is 5.23. The number of hydrogen-bond acceptors (Lipinski definition) is 3. The van der Waals surface area contributed by atoms with E-state index >= 15 is 0 Å². The lowest BCUT2D eigenvalue weighted by atomic mass is 10.0. The van der Waals surface area contributed by atoms with Crippen molar-refractivity contribution in [3.05, 3.63) is 46.6 Å². The molecule has 2 rings (SSSR count). The van der Waals surface area contributed by atoms with Gasteiger partial charge in [0.05, 0.1) is 11.3 Å². The van der Waals surface area contributed by atoms with E-state index in [1.807, 2.05) is 0 Å². The molecule has 0 fully saturated rings. The molecular weight excluding hydrogens is 243 g/mol. The molecule has 3 nitrogen and oxygen atoms in total. The second-order valence-electron chi connectivity index (χ2n) is 3.50. The molecule has 0 saturated heterocycles. The number of nitrogens with zero attached hydrogens (tertiary/aromatic N) is 2. The average Bonchev–Trinajstić information content (AvgIpc) is 2.29. The van der Waals surface area contributed by atoms with Crippen LogP contribution in [0.3, 0.4) is 0 Å². The molecule has 17 heavy (non-hydrogen) atoms. The van der Waals surface area contributed by atoms with Crippen LogP contribution in [0.2, 0.25) is 5.15 Å². The van der Waals surface area contributed by atoms with Crippen LogP contribution in [0.25, 0.3) is 11.3 Å². The third-order valence-corrected chi connectivity index (χ3v) is 2.70. The molecule has 0 aliphatic carbocycles. The van der Waals surface area contributed by atoms with Crippen molar-refractivity contribution in [2.45, 2.75) is 6.92 Å². The second-order valence-corrected chi connectivity index (χ2v) is 3.86. The number of aldehydes is 1. The Kier molecular flexibility index (Phi) is 3.15. The maximum Gasteiger partial charge on any atom is 0.155 e. The van der Waals surface area contributed by atoms with Crippen molar-refractivity contribution in [1.82, 2.24) is 9.97 Å². The van der Waals surface area contributed by atoms with Gasteiger partial charge in [-0.05, 0) is 30.7 Å². The zero-order valence-electron chi connectivity index (χ0n) is 8.95. The van der Waals surface area contributed by atoms with Crippen LogP contribution in [0.5, 0.6) is 0 Å². The highest BCUT2D eigenvalue weighted by molar-refractivity contribution is 6.32. The predicted octanol–water partition coefficient (Wildman–Crippen LogP) is 3.06. The zero-order valence-corrected chi connectivity index (χ0v) is 9.70. The first-order chi connectivity index (χ1) is 8.13. The fraction of sp³-hybridized carbons (Fsp3) is 0.0833. The van der Waals surface area contributed by atoms with Gasteiger partial charge in [0.1, 0.15) is 17.3 Å². The monoisotopic (exact) mass is 250 g/mol. The molecule has 0 spiro atoms. The Morgan fingerprint density at radius 3 is 2.76 bits per heavy atom. The van der Waals surface area contributed by atoms with E-state index in [1.54, 1.807) is 13.0 Å². The molecule has 0 unspecified atom stereocenters. The minimum Gasteiger partial charge on any atom is -0.298 e. The number of carbonyl (C=O) groups excluding carboxylic acids is 1. The third kappa shape index (κ3) is 2.17. The molecule has 0 amide bonds. The Bertz CT molecular complexity index is 587. The van der Waals surface area contributed by atoms with Crippen molar-refractivity contribution in [2.24, 2.45) is 0 Å². The van der Waals surface area contributed by atoms with Gasteiger partial charge in [-0.1, -0.05) is 11.6 Å². The standard InChI is InChI=1S/C12H8ClFN2O/c1-7-4-8(14)2-3-9(7)11-10(5-17)12(13)16-6-15-11/h2-6H,1H3. The first-order valence-electron chi connectivity index (χ1n) is 4.85. The van der Waals surface area contributed by atoms with Crippen LogP contribution in [-0.4, -0.2) is 16.3 Å². The lowest BCUT2D eigenvalue weighted by molar-refractivity contribution is 0.112. The summed E-state index contributed by atoms with van der Waals surface area (Å²) >= 11 is 5.81. The van der Waals surface area contributed by atoms with Gasteiger partial charge >= 0.3 is 0 Å². The highest BCUT2D eigenvalue weighted by Gasteiger charge is 2.13. The van der Waals surface area contributed by atoms with E-state index < -0.39 is 0 Å². The molecule has 0 saturated carbocycles. The van der Waals surface area contributed by atoms with Crippen LogP contribution in [0.15, 0.2) is 24.5 Å². The summed E-state index contributed by atoms with van der Waals surface area (Å²) in [6.45, 7) is 1.74. The number of rotatable bonds is 2. The van der Waals surface area contributed by atoms with Gasteiger partial charge in [0.15, 0.2) is 6.29 Å². The van der Waals surface area contributed by atoms with Crippen molar-refractivity contribution in [2.75, 3.05) is 0 Å². The smallest absolute Gasteiger partial charge is 0.155 e. The fourth-order valence-electron chi connectivity index (χ4n) is 1.59. The van der Waals surface area contributed by atoms with Crippen molar-refractivity contribution in [1.29, 1.82) is 0 Å². The van der Waals surface area contributed by atoms with Crippen LogP contribution < -0.4 is 0 Å². The molecule has 2 aromatic rings.